The van der Waals surface area contributed by atoms with Gasteiger partial charge in [-0.2, -0.15) is 0 Å². The highest BCUT2D eigenvalue weighted by molar-refractivity contribution is 5.79. The van der Waals surface area contributed by atoms with E-state index >= 15 is 0 Å². The SMILES string of the molecule is C=Cc1ccc(OC(=O)C(C)(COC(C)(C)C)COC(C)(C)C)cc1. The Balaban J connectivity index is 2.90. The minimum absolute atomic E-state index is 0.218. The van der Waals surface area contributed by atoms with Gasteiger partial charge in [0, 0.05) is 0 Å². The monoisotopic (exact) mass is 348 g/mol. The first-order chi connectivity index (χ1) is 11.3. The van der Waals surface area contributed by atoms with E-state index in [-0.39, 0.29) is 30.4 Å². The van der Waals surface area contributed by atoms with E-state index in [1.807, 2.05) is 60.6 Å². The van der Waals surface area contributed by atoms with Gasteiger partial charge >= 0.3 is 5.97 Å². The molecule has 0 N–H and O–H groups in total. The van der Waals surface area contributed by atoms with E-state index in [0.717, 1.165) is 5.56 Å². The highest BCUT2D eigenvalue weighted by Gasteiger charge is 2.39. The van der Waals surface area contributed by atoms with Crippen LogP contribution in [0.3, 0.4) is 0 Å². The lowest BCUT2D eigenvalue weighted by Gasteiger charge is -2.33. The van der Waals surface area contributed by atoms with Crippen LogP contribution >= 0.6 is 0 Å². The molecule has 0 spiro atoms. The van der Waals surface area contributed by atoms with Crippen LogP contribution in [-0.2, 0) is 14.3 Å². The average molecular weight is 348 g/mol. The van der Waals surface area contributed by atoms with Gasteiger partial charge in [0.2, 0.25) is 0 Å². The Morgan fingerprint density at radius 2 is 1.36 bits per heavy atom. The Kier molecular flexibility index (Phi) is 6.98. The summed E-state index contributed by atoms with van der Waals surface area (Å²) in [6, 6.07) is 7.21. The molecule has 1 rings (SSSR count). The zero-order chi connectivity index (χ0) is 19.3. The van der Waals surface area contributed by atoms with Crippen molar-refractivity contribution in [2.45, 2.75) is 59.7 Å². The van der Waals surface area contributed by atoms with E-state index in [2.05, 4.69) is 6.58 Å². The number of hydrogen-bond donors (Lipinski definition) is 0. The third-order valence-corrected chi connectivity index (χ3v) is 3.47. The van der Waals surface area contributed by atoms with Crippen LogP contribution in [0.2, 0.25) is 0 Å². The van der Waals surface area contributed by atoms with Gasteiger partial charge in [-0.05, 0) is 66.2 Å². The normalized spacial score (nSPS) is 12.8. The summed E-state index contributed by atoms with van der Waals surface area (Å²) in [7, 11) is 0. The van der Waals surface area contributed by atoms with Crippen LogP contribution in [0.15, 0.2) is 30.8 Å². The molecular formula is C21H32O4. The maximum absolute atomic E-state index is 12.8. The Morgan fingerprint density at radius 3 is 1.72 bits per heavy atom. The fourth-order valence-electron chi connectivity index (χ4n) is 1.81. The highest BCUT2D eigenvalue weighted by Crippen LogP contribution is 2.27. The topological polar surface area (TPSA) is 44.8 Å². The second kappa shape index (κ2) is 8.15. The molecule has 0 aliphatic heterocycles. The molecule has 0 unspecified atom stereocenters. The number of carbonyl (C=O) groups is 1. The van der Waals surface area contributed by atoms with Crippen molar-refractivity contribution in [1.29, 1.82) is 0 Å². The molecular weight excluding hydrogens is 316 g/mol. The fourth-order valence-corrected chi connectivity index (χ4v) is 1.81. The maximum Gasteiger partial charge on any atom is 0.321 e. The summed E-state index contributed by atoms with van der Waals surface area (Å²) < 4.78 is 17.3. The van der Waals surface area contributed by atoms with Gasteiger partial charge < -0.3 is 14.2 Å². The van der Waals surface area contributed by atoms with E-state index in [1.54, 1.807) is 18.2 Å². The number of carbonyl (C=O) groups excluding carboxylic acids is 1. The van der Waals surface area contributed by atoms with Crippen molar-refractivity contribution in [3.63, 3.8) is 0 Å². The molecule has 0 saturated heterocycles. The minimum Gasteiger partial charge on any atom is -0.426 e. The summed E-state index contributed by atoms with van der Waals surface area (Å²) in [6.45, 7) is 17.7. The van der Waals surface area contributed by atoms with Crippen molar-refractivity contribution in [2.75, 3.05) is 13.2 Å². The second-order valence-electron chi connectivity index (χ2n) is 8.53. The molecule has 0 fully saturated rings. The molecule has 0 aliphatic carbocycles. The van der Waals surface area contributed by atoms with Gasteiger partial charge in [0.1, 0.15) is 11.2 Å². The van der Waals surface area contributed by atoms with Crippen molar-refractivity contribution in [2.24, 2.45) is 5.41 Å². The molecule has 0 saturated carbocycles. The zero-order valence-electron chi connectivity index (χ0n) is 16.6. The summed E-state index contributed by atoms with van der Waals surface area (Å²) in [5.41, 5.74) is -0.642. The van der Waals surface area contributed by atoms with Crippen LogP contribution in [0.5, 0.6) is 5.75 Å². The molecule has 1 aromatic carbocycles. The van der Waals surface area contributed by atoms with Crippen LogP contribution in [0.1, 0.15) is 54.0 Å². The average Bonchev–Trinajstić information content (AvgIpc) is 2.50. The number of rotatable bonds is 7. The lowest BCUT2D eigenvalue weighted by atomic mass is 9.92. The molecule has 0 atom stereocenters. The summed E-state index contributed by atoms with van der Waals surface area (Å²) in [5.74, 6) is 0.126. The second-order valence-corrected chi connectivity index (χ2v) is 8.53. The summed E-state index contributed by atoms with van der Waals surface area (Å²) >= 11 is 0. The quantitative estimate of drug-likeness (QED) is 0.521. The van der Waals surface area contributed by atoms with Crippen molar-refractivity contribution in [3.8, 4) is 5.75 Å². The lowest BCUT2D eigenvalue weighted by molar-refractivity contribution is -0.163. The molecule has 140 valence electrons. The minimum atomic E-state index is -0.905. The van der Waals surface area contributed by atoms with Gasteiger partial charge in [-0.3, -0.25) is 4.79 Å². The summed E-state index contributed by atoms with van der Waals surface area (Å²) in [5, 5.41) is 0. The largest absolute Gasteiger partial charge is 0.426 e. The first-order valence-corrected chi connectivity index (χ1v) is 8.57. The number of ether oxygens (including phenoxy) is 3. The Bertz CT molecular complexity index is 555. The van der Waals surface area contributed by atoms with Crippen LogP contribution in [0, 0.1) is 5.41 Å². The standard InChI is InChI=1S/C21H32O4/c1-9-16-10-12-17(13-11-16)25-18(22)21(8,14-23-19(2,3)4)15-24-20(5,6)7/h9-13H,1,14-15H2,2-8H3. The molecule has 0 bridgehead atoms. The first kappa shape index (κ1) is 21.4. The van der Waals surface area contributed by atoms with Crippen molar-refractivity contribution in [3.05, 3.63) is 36.4 Å². The number of esters is 1. The maximum atomic E-state index is 12.8. The van der Waals surface area contributed by atoms with E-state index < -0.39 is 5.41 Å². The fraction of sp³-hybridized carbons (Fsp3) is 0.571. The molecule has 25 heavy (non-hydrogen) atoms. The van der Waals surface area contributed by atoms with E-state index in [1.165, 1.54) is 0 Å². The van der Waals surface area contributed by atoms with Crippen LogP contribution in [0.25, 0.3) is 6.08 Å². The third kappa shape index (κ3) is 7.84. The molecule has 0 heterocycles. The molecule has 4 heteroatoms. The van der Waals surface area contributed by atoms with Crippen molar-refractivity contribution in [1.82, 2.24) is 0 Å². The highest BCUT2D eigenvalue weighted by atomic mass is 16.6. The predicted molar refractivity (Wildman–Crippen MR) is 102 cm³/mol. The van der Waals surface area contributed by atoms with Crippen molar-refractivity contribution >= 4 is 12.0 Å². The van der Waals surface area contributed by atoms with Crippen molar-refractivity contribution < 1.29 is 19.0 Å². The smallest absolute Gasteiger partial charge is 0.321 e. The van der Waals surface area contributed by atoms with E-state index in [0.29, 0.717) is 5.75 Å². The Labute approximate surface area is 152 Å². The first-order valence-electron chi connectivity index (χ1n) is 8.57. The molecule has 4 nitrogen and oxygen atoms in total. The van der Waals surface area contributed by atoms with Gasteiger partial charge in [-0.1, -0.05) is 24.8 Å². The molecule has 1 aromatic rings. The van der Waals surface area contributed by atoms with E-state index in [4.69, 9.17) is 14.2 Å². The number of benzene rings is 1. The van der Waals surface area contributed by atoms with Crippen LogP contribution in [0.4, 0.5) is 0 Å². The Hall–Kier alpha value is -1.65. The zero-order valence-corrected chi connectivity index (χ0v) is 16.6. The molecule has 0 radical (unpaired) electrons. The summed E-state index contributed by atoms with van der Waals surface area (Å²) in [4.78, 5) is 12.8. The Morgan fingerprint density at radius 1 is 0.920 bits per heavy atom. The summed E-state index contributed by atoms with van der Waals surface area (Å²) in [6.07, 6.45) is 1.74. The molecule has 0 amide bonds. The van der Waals surface area contributed by atoms with Crippen LogP contribution in [-0.4, -0.2) is 30.4 Å². The van der Waals surface area contributed by atoms with Gasteiger partial charge in [0.25, 0.3) is 0 Å². The van der Waals surface area contributed by atoms with E-state index in [9.17, 15) is 4.79 Å². The molecule has 0 aromatic heterocycles. The number of hydrogen-bond acceptors (Lipinski definition) is 4. The third-order valence-electron chi connectivity index (χ3n) is 3.47. The van der Waals surface area contributed by atoms with Gasteiger partial charge in [-0.15, -0.1) is 0 Å². The van der Waals surface area contributed by atoms with Gasteiger partial charge in [-0.25, -0.2) is 0 Å². The molecule has 0 aliphatic rings. The van der Waals surface area contributed by atoms with Crippen LogP contribution < -0.4 is 4.74 Å². The van der Waals surface area contributed by atoms with Gasteiger partial charge in [0.05, 0.1) is 24.4 Å². The lowest BCUT2D eigenvalue weighted by Crippen LogP contribution is -2.44. The van der Waals surface area contributed by atoms with Gasteiger partial charge in [0.15, 0.2) is 0 Å². The predicted octanol–water partition coefficient (Wildman–Crippen LogP) is 4.87.